The van der Waals surface area contributed by atoms with Gasteiger partial charge < -0.3 is 20.9 Å². The molecule has 3 aliphatic rings. The van der Waals surface area contributed by atoms with E-state index in [0.717, 1.165) is 17.1 Å². The van der Waals surface area contributed by atoms with Gasteiger partial charge in [-0.2, -0.15) is 0 Å². The third-order valence-corrected chi connectivity index (χ3v) is 7.96. The van der Waals surface area contributed by atoms with Crippen molar-refractivity contribution in [2.45, 2.75) is 45.6 Å². The molecular formula is C29H33N5O5. The molecule has 1 unspecified atom stereocenters. The number of hydrogen-bond acceptors (Lipinski definition) is 7. The van der Waals surface area contributed by atoms with Crippen LogP contribution in [0.15, 0.2) is 59.8 Å². The number of rotatable bonds is 5. The third kappa shape index (κ3) is 5.23. The van der Waals surface area contributed by atoms with Crippen LogP contribution < -0.4 is 16.0 Å². The fraction of sp³-hybridized carbons (Fsp3) is 0.414. The number of non-ortho nitro benzene ring substituents is 1. The molecule has 1 fully saturated rings. The largest absolute Gasteiger partial charge is 0.369 e. The number of anilines is 2. The average molecular weight is 532 g/mol. The zero-order chi connectivity index (χ0) is 27.9. The highest BCUT2D eigenvalue weighted by Gasteiger charge is 2.42. The smallest absolute Gasteiger partial charge is 0.269 e. The van der Waals surface area contributed by atoms with Crippen LogP contribution >= 0.6 is 0 Å². The van der Waals surface area contributed by atoms with Crippen LogP contribution in [0.5, 0.6) is 0 Å². The summed E-state index contributed by atoms with van der Waals surface area (Å²) in [5.74, 6) is -0.780. The van der Waals surface area contributed by atoms with Crippen LogP contribution in [0.2, 0.25) is 0 Å². The second kappa shape index (κ2) is 10.2. The van der Waals surface area contributed by atoms with Gasteiger partial charge >= 0.3 is 0 Å². The molecular weight excluding hydrogens is 498 g/mol. The van der Waals surface area contributed by atoms with Gasteiger partial charge in [-0.1, -0.05) is 38.1 Å². The zero-order valence-corrected chi connectivity index (χ0v) is 22.2. The fourth-order valence-electron chi connectivity index (χ4n) is 6.04. The third-order valence-electron chi connectivity index (χ3n) is 7.96. The summed E-state index contributed by atoms with van der Waals surface area (Å²) in [4.78, 5) is 54.0. The SMILES string of the molecule is CC1(C)CC(=O)C2=C(C1)Nc1ccccc1N(CC(=O)N1CCC(C(N)=O)CC1)C2c1cccc([N+](=O)[O-])c1. The maximum atomic E-state index is 13.8. The van der Waals surface area contributed by atoms with E-state index < -0.39 is 11.0 Å². The lowest BCUT2D eigenvalue weighted by Crippen LogP contribution is -2.47. The van der Waals surface area contributed by atoms with Crippen LogP contribution in [0.1, 0.15) is 51.1 Å². The predicted octanol–water partition coefficient (Wildman–Crippen LogP) is 3.94. The number of para-hydroxylation sites is 2. The molecule has 0 radical (unpaired) electrons. The number of amides is 2. The Balaban J connectivity index is 1.61. The molecule has 10 nitrogen and oxygen atoms in total. The highest BCUT2D eigenvalue weighted by molar-refractivity contribution is 6.02. The van der Waals surface area contributed by atoms with Gasteiger partial charge in [-0.05, 0) is 42.4 Å². The number of ketones is 1. The summed E-state index contributed by atoms with van der Waals surface area (Å²) in [6.07, 6.45) is 1.97. The first-order valence-electron chi connectivity index (χ1n) is 13.2. The summed E-state index contributed by atoms with van der Waals surface area (Å²) in [6, 6.07) is 13.2. The van der Waals surface area contributed by atoms with Crippen LogP contribution in [0.25, 0.3) is 0 Å². The lowest BCUT2D eigenvalue weighted by molar-refractivity contribution is -0.384. The Morgan fingerprint density at radius 1 is 1.10 bits per heavy atom. The number of nitrogens with two attached hydrogens (primary N) is 1. The number of carbonyl (C=O) groups excluding carboxylic acids is 3. The number of nitro groups is 1. The number of Topliss-reactive ketones (excluding diaryl/α,β-unsaturated/α-hetero) is 1. The van der Waals surface area contributed by atoms with Crippen molar-refractivity contribution < 1.29 is 19.3 Å². The molecule has 5 rings (SSSR count). The molecule has 0 aromatic heterocycles. The fourth-order valence-corrected chi connectivity index (χ4v) is 6.04. The number of piperidine rings is 1. The van der Waals surface area contributed by atoms with E-state index in [1.165, 1.54) is 12.1 Å². The van der Waals surface area contributed by atoms with Crippen molar-refractivity contribution in [2.24, 2.45) is 17.1 Å². The van der Waals surface area contributed by atoms with Crippen molar-refractivity contribution in [1.82, 2.24) is 4.90 Å². The molecule has 0 saturated carbocycles. The topological polar surface area (TPSA) is 139 Å². The Labute approximate surface area is 227 Å². The first-order chi connectivity index (χ1) is 18.5. The van der Waals surface area contributed by atoms with Crippen LogP contribution in [0.3, 0.4) is 0 Å². The summed E-state index contributed by atoms with van der Waals surface area (Å²) >= 11 is 0. The van der Waals surface area contributed by atoms with E-state index in [1.807, 2.05) is 43.0 Å². The molecule has 2 aliphatic heterocycles. The first kappa shape index (κ1) is 26.4. The Bertz CT molecular complexity index is 1380. The quantitative estimate of drug-likeness (QED) is 0.440. The molecule has 204 valence electrons. The van der Waals surface area contributed by atoms with E-state index >= 15 is 0 Å². The number of primary amides is 1. The van der Waals surface area contributed by atoms with Gasteiger partial charge in [0.05, 0.1) is 28.9 Å². The number of benzene rings is 2. The average Bonchev–Trinajstić information content (AvgIpc) is 3.02. The predicted molar refractivity (Wildman–Crippen MR) is 147 cm³/mol. The number of carbonyl (C=O) groups is 3. The molecule has 2 heterocycles. The summed E-state index contributed by atoms with van der Waals surface area (Å²) in [5, 5.41) is 15.2. The Morgan fingerprint density at radius 3 is 2.51 bits per heavy atom. The summed E-state index contributed by atoms with van der Waals surface area (Å²) in [5.41, 5.74) is 8.51. The standard InChI is InChI=1S/C29H33N5O5/c1-29(2)15-22-26(24(35)16-29)27(19-6-5-7-20(14-19)34(38)39)33(23-9-4-3-8-21(23)31-22)17-25(36)32-12-10-18(11-13-32)28(30)37/h3-9,14,18,27,31H,10-13,15-17H2,1-2H3,(H2,30,37). The highest BCUT2D eigenvalue weighted by atomic mass is 16.6. The van der Waals surface area contributed by atoms with Gasteiger partial charge in [0.15, 0.2) is 5.78 Å². The van der Waals surface area contributed by atoms with Gasteiger partial charge in [-0.25, -0.2) is 0 Å². The minimum atomic E-state index is -0.702. The lowest BCUT2D eigenvalue weighted by Gasteiger charge is -2.39. The zero-order valence-electron chi connectivity index (χ0n) is 22.2. The maximum Gasteiger partial charge on any atom is 0.269 e. The van der Waals surface area contributed by atoms with Crippen LogP contribution in [0.4, 0.5) is 17.1 Å². The molecule has 2 amide bonds. The molecule has 1 saturated heterocycles. The number of nitrogens with one attached hydrogen (secondary N) is 1. The van der Waals surface area contributed by atoms with Crippen LogP contribution in [-0.4, -0.2) is 47.1 Å². The number of nitro benzene ring substituents is 1. The van der Waals surface area contributed by atoms with Gasteiger partial charge in [-0.15, -0.1) is 0 Å². The van der Waals surface area contributed by atoms with Crippen molar-refractivity contribution in [2.75, 3.05) is 29.9 Å². The monoisotopic (exact) mass is 531 g/mol. The number of fused-ring (bicyclic) bond motifs is 1. The summed E-state index contributed by atoms with van der Waals surface area (Å²) in [6.45, 7) is 4.89. The van der Waals surface area contributed by atoms with Gasteiger partial charge in [0.25, 0.3) is 5.69 Å². The maximum absolute atomic E-state index is 13.8. The number of allylic oxidation sites excluding steroid dienone is 1. The second-order valence-corrected chi connectivity index (χ2v) is 11.4. The minimum absolute atomic E-state index is 0.0409. The minimum Gasteiger partial charge on any atom is -0.369 e. The van der Waals surface area contributed by atoms with Gasteiger partial charge in [-0.3, -0.25) is 24.5 Å². The summed E-state index contributed by atoms with van der Waals surface area (Å²) in [7, 11) is 0. The molecule has 1 atom stereocenters. The Kier molecular flexibility index (Phi) is 6.88. The van der Waals surface area contributed by atoms with Gasteiger partial charge in [0.1, 0.15) is 0 Å². The van der Waals surface area contributed by atoms with E-state index in [2.05, 4.69) is 5.32 Å². The van der Waals surface area contributed by atoms with Gasteiger partial charge in [0, 0.05) is 48.8 Å². The van der Waals surface area contributed by atoms with E-state index in [-0.39, 0.29) is 41.2 Å². The molecule has 0 bridgehead atoms. The molecule has 10 heteroatoms. The normalized spacial score (nSPS) is 21.0. The number of hydrogen-bond donors (Lipinski definition) is 2. The van der Waals surface area contributed by atoms with Crippen LogP contribution in [0, 0.1) is 21.4 Å². The summed E-state index contributed by atoms with van der Waals surface area (Å²) < 4.78 is 0. The van der Waals surface area contributed by atoms with E-state index in [4.69, 9.17) is 5.73 Å². The van der Waals surface area contributed by atoms with Crippen molar-refractivity contribution in [3.8, 4) is 0 Å². The number of likely N-dealkylation sites (tertiary alicyclic amines) is 1. The van der Waals surface area contributed by atoms with Crippen molar-refractivity contribution in [1.29, 1.82) is 0 Å². The molecule has 2 aromatic carbocycles. The van der Waals surface area contributed by atoms with Gasteiger partial charge in [0.2, 0.25) is 11.8 Å². The molecule has 1 aliphatic carbocycles. The van der Waals surface area contributed by atoms with Crippen molar-refractivity contribution >= 4 is 34.7 Å². The van der Waals surface area contributed by atoms with E-state index in [0.29, 0.717) is 49.9 Å². The molecule has 39 heavy (non-hydrogen) atoms. The van der Waals surface area contributed by atoms with Crippen molar-refractivity contribution in [3.05, 3.63) is 75.5 Å². The number of nitrogens with zero attached hydrogens (tertiary/aromatic N) is 3. The van der Waals surface area contributed by atoms with Crippen molar-refractivity contribution in [3.63, 3.8) is 0 Å². The molecule has 2 aromatic rings. The molecule has 3 N–H and O–H groups in total. The van der Waals surface area contributed by atoms with Crippen LogP contribution in [-0.2, 0) is 14.4 Å². The lowest BCUT2D eigenvalue weighted by atomic mass is 9.73. The van der Waals surface area contributed by atoms with E-state index in [1.54, 1.807) is 17.0 Å². The first-order valence-corrected chi connectivity index (χ1v) is 13.2. The van der Waals surface area contributed by atoms with E-state index in [9.17, 15) is 24.5 Å². The Morgan fingerprint density at radius 2 is 1.82 bits per heavy atom. The second-order valence-electron chi connectivity index (χ2n) is 11.4. The molecule has 0 spiro atoms. The Hall–Kier alpha value is -4.21. The highest BCUT2D eigenvalue weighted by Crippen LogP contribution is 2.48.